The number of nitrogens with one attached hydrogen (secondary N) is 3. The number of hydrogen-bond acceptors (Lipinski definition) is 5. The summed E-state index contributed by atoms with van der Waals surface area (Å²) < 4.78 is 0. The molecule has 0 aliphatic heterocycles. The first-order chi connectivity index (χ1) is 15.5. The largest absolute Gasteiger partial charge is 0.480 e. The number of thioether (sulfide) groups is 1. The second kappa shape index (κ2) is 9.69. The molecule has 1 amide bonds. The highest BCUT2D eigenvalue weighted by molar-refractivity contribution is 7.99. The van der Waals surface area contributed by atoms with E-state index in [1.807, 2.05) is 48.5 Å². The number of carbonyl (C=O) groups excluding carboxylic acids is 1. The minimum absolute atomic E-state index is 0.0176. The van der Waals surface area contributed by atoms with Gasteiger partial charge in [-0.15, -0.1) is 5.10 Å². The molecule has 0 aliphatic rings. The lowest BCUT2D eigenvalue weighted by Crippen LogP contribution is -2.43. The Bertz CT molecular complexity index is 1230. The highest BCUT2D eigenvalue weighted by atomic mass is 32.2. The third kappa shape index (κ3) is 5.00. The van der Waals surface area contributed by atoms with Crippen LogP contribution in [0.15, 0.2) is 59.9 Å². The maximum atomic E-state index is 12.4. The standard InChI is InChI=1S/C23H23N5O3S/c1-2-14-7-9-15(10-8-14)21-26-23(28-27-21)32-13-20(29)25-19(22(30)31)11-16-12-24-18-6-4-3-5-17(16)18/h3-10,12,19,24H,2,11,13H2,1H3,(H,25,29)(H,30,31)(H,26,27,28)/t19-/m0/s1. The van der Waals surface area contributed by atoms with Gasteiger partial charge in [0.1, 0.15) is 6.04 Å². The Kier molecular flexibility index (Phi) is 6.55. The molecule has 2 aromatic carbocycles. The number of nitrogens with zero attached hydrogens (tertiary/aromatic N) is 2. The van der Waals surface area contributed by atoms with E-state index in [-0.39, 0.29) is 18.1 Å². The highest BCUT2D eigenvalue weighted by Gasteiger charge is 2.22. The van der Waals surface area contributed by atoms with E-state index in [0.29, 0.717) is 11.0 Å². The maximum Gasteiger partial charge on any atom is 0.326 e. The molecule has 0 saturated carbocycles. The van der Waals surface area contributed by atoms with Crippen LogP contribution in [-0.4, -0.2) is 48.9 Å². The van der Waals surface area contributed by atoms with Crippen molar-refractivity contribution < 1.29 is 14.7 Å². The average molecular weight is 450 g/mol. The molecule has 2 heterocycles. The number of para-hydroxylation sites is 1. The van der Waals surface area contributed by atoms with Gasteiger partial charge in [-0.05, 0) is 23.6 Å². The minimum atomic E-state index is -1.08. The number of carboxylic acids is 1. The van der Waals surface area contributed by atoms with E-state index in [0.717, 1.165) is 40.2 Å². The first-order valence-corrected chi connectivity index (χ1v) is 11.2. The molecule has 8 nitrogen and oxygen atoms in total. The zero-order valence-corrected chi connectivity index (χ0v) is 18.3. The van der Waals surface area contributed by atoms with Gasteiger partial charge in [-0.3, -0.25) is 9.89 Å². The number of rotatable bonds is 9. The third-order valence-corrected chi connectivity index (χ3v) is 6.01. The number of carboxylic acid groups (broad SMARTS) is 1. The van der Waals surface area contributed by atoms with Crippen molar-refractivity contribution in [3.63, 3.8) is 0 Å². The molecule has 1 atom stereocenters. The number of amides is 1. The summed E-state index contributed by atoms with van der Waals surface area (Å²) >= 11 is 1.15. The molecule has 4 rings (SSSR count). The summed E-state index contributed by atoms with van der Waals surface area (Å²) in [6.07, 6.45) is 2.93. The zero-order chi connectivity index (χ0) is 22.5. The Morgan fingerprint density at radius 3 is 2.69 bits per heavy atom. The molecule has 0 unspecified atom stereocenters. The van der Waals surface area contributed by atoms with Gasteiger partial charge in [-0.2, -0.15) is 0 Å². The molecule has 0 aliphatic carbocycles. The zero-order valence-electron chi connectivity index (χ0n) is 17.5. The van der Waals surface area contributed by atoms with Crippen LogP contribution >= 0.6 is 11.8 Å². The van der Waals surface area contributed by atoms with Gasteiger partial charge >= 0.3 is 5.97 Å². The van der Waals surface area contributed by atoms with Crippen LogP contribution in [0.3, 0.4) is 0 Å². The van der Waals surface area contributed by atoms with Crippen molar-refractivity contribution in [2.75, 3.05) is 5.75 Å². The van der Waals surface area contributed by atoms with Gasteiger partial charge in [0.2, 0.25) is 11.1 Å². The van der Waals surface area contributed by atoms with Crippen LogP contribution in [0.25, 0.3) is 22.3 Å². The molecule has 4 aromatic rings. The Balaban J connectivity index is 1.35. The first-order valence-electron chi connectivity index (χ1n) is 10.2. The molecular formula is C23H23N5O3S. The quantitative estimate of drug-likeness (QED) is 0.290. The summed E-state index contributed by atoms with van der Waals surface area (Å²) in [5, 5.41) is 20.6. The highest BCUT2D eigenvalue weighted by Crippen LogP contribution is 2.21. The van der Waals surface area contributed by atoms with Crippen LogP contribution in [0.2, 0.25) is 0 Å². The summed E-state index contributed by atoms with van der Waals surface area (Å²) in [5.74, 6) is -0.826. The first kappa shape index (κ1) is 21.6. The SMILES string of the molecule is CCc1ccc(-c2nc(SCC(=O)N[C@@H](Cc3c[nH]c4ccccc34)C(=O)O)n[nH]2)cc1. The van der Waals surface area contributed by atoms with Crippen molar-refractivity contribution in [2.45, 2.75) is 31.0 Å². The summed E-state index contributed by atoms with van der Waals surface area (Å²) in [5.41, 5.74) is 3.92. The molecule has 164 valence electrons. The van der Waals surface area contributed by atoms with Gasteiger partial charge in [0.05, 0.1) is 5.75 Å². The Morgan fingerprint density at radius 2 is 1.94 bits per heavy atom. The smallest absolute Gasteiger partial charge is 0.326 e. The van der Waals surface area contributed by atoms with Crippen LogP contribution in [0, 0.1) is 0 Å². The van der Waals surface area contributed by atoms with E-state index >= 15 is 0 Å². The Labute approximate surface area is 188 Å². The summed E-state index contributed by atoms with van der Waals surface area (Å²) in [4.78, 5) is 31.7. The fourth-order valence-electron chi connectivity index (χ4n) is 3.42. The summed E-state index contributed by atoms with van der Waals surface area (Å²) in [6, 6.07) is 14.7. The van der Waals surface area contributed by atoms with Crippen molar-refractivity contribution in [3.05, 3.63) is 65.9 Å². The molecule has 4 N–H and O–H groups in total. The molecule has 9 heteroatoms. The molecule has 2 aromatic heterocycles. The number of benzene rings is 2. The second-order valence-electron chi connectivity index (χ2n) is 7.33. The Hall–Kier alpha value is -3.59. The second-order valence-corrected chi connectivity index (χ2v) is 8.27. The van der Waals surface area contributed by atoms with Crippen molar-refractivity contribution in [3.8, 4) is 11.4 Å². The van der Waals surface area contributed by atoms with Crippen molar-refractivity contribution in [1.29, 1.82) is 0 Å². The number of hydrogen-bond donors (Lipinski definition) is 4. The Morgan fingerprint density at radius 1 is 1.16 bits per heavy atom. The van der Waals surface area contributed by atoms with Crippen LogP contribution in [0.5, 0.6) is 0 Å². The number of aromatic nitrogens is 4. The molecule has 0 fully saturated rings. The van der Waals surface area contributed by atoms with Gasteiger partial charge in [0.15, 0.2) is 5.82 Å². The minimum Gasteiger partial charge on any atom is -0.480 e. The van der Waals surface area contributed by atoms with Gasteiger partial charge < -0.3 is 15.4 Å². The molecule has 0 spiro atoms. The number of carbonyl (C=O) groups is 2. The fourth-order valence-corrected chi connectivity index (χ4v) is 4.03. The molecule has 0 bridgehead atoms. The summed E-state index contributed by atoms with van der Waals surface area (Å²) in [6.45, 7) is 2.10. The summed E-state index contributed by atoms with van der Waals surface area (Å²) in [7, 11) is 0. The van der Waals surface area contributed by atoms with Gasteiger partial charge in [0, 0.05) is 29.1 Å². The normalized spacial score (nSPS) is 12.0. The lowest BCUT2D eigenvalue weighted by Gasteiger charge is -2.13. The van der Waals surface area contributed by atoms with E-state index in [1.54, 1.807) is 6.20 Å². The average Bonchev–Trinajstić information content (AvgIpc) is 3.45. The van der Waals surface area contributed by atoms with Crippen LogP contribution in [-0.2, 0) is 22.4 Å². The van der Waals surface area contributed by atoms with E-state index in [9.17, 15) is 14.7 Å². The van der Waals surface area contributed by atoms with Crippen LogP contribution in [0.1, 0.15) is 18.1 Å². The number of aromatic amines is 2. The van der Waals surface area contributed by atoms with Gasteiger partial charge in [-0.25, -0.2) is 9.78 Å². The van der Waals surface area contributed by atoms with E-state index in [2.05, 4.69) is 32.4 Å². The number of aryl methyl sites for hydroxylation is 1. The van der Waals surface area contributed by atoms with E-state index in [1.165, 1.54) is 5.56 Å². The maximum absolute atomic E-state index is 12.4. The number of aliphatic carboxylic acids is 1. The van der Waals surface area contributed by atoms with Gasteiger partial charge in [-0.1, -0.05) is 61.2 Å². The molecule has 32 heavy (non-hydrogen) atoms. The lowest BCUT2D eigenvalue weighted by molar-refractivity contribution is -0.141. The molecule has 0 radical (unpaired) electrons. The van der Waals surface area contributed by atoms with Crippen LogP contribution in [0.4, 0.5) is 0 Å². The van der Waals surface area contributed by atoms with Crippen molar-refractivity contribution in [2.24, 2.45) is 0 Å². The fraction of sp³-hybridized carbons (Fsp3) is 0.217. The van der Waals surface area contributed by atoms with E-state index < -0.39 is 12.0 Å². The topological polar surface area (TPSA) is 124 Å². The molecular weight excluding hydrogens is 426 g/mol. The monoisotopic (exact) mass is 449 g/mol. The number of H-pyrrole nitrogens is 2. The van der Waals surface area contributed by atoms with Crippen molar-refractivity contribution in [1.82, 2.24) is 25.5 Å². The van der Waals surface area contributed by atoms with E-state index in [4.69, 9.17) is 0 Å². The third-order valence-electron chi connectivity index (χ3n) is 5.17. The predicted molar refractivity (Wildman–Crippen MR) is 123 cm³/mol. The molecule has 0 saturated heterocycles. The van der Waals surface area contributed by atoms with Gasteiger partial charge in [0.25, 0.3) is 0 Å². The van der Waals surface area contributed by atoms with Crippen molar-refractivity contribution >= 4 is 34.5 Å². The number of fused-ring (bicyclic) bond motifs is 1. The lowest BCUT2D eigenvalue weighted by atomic mass is 10.1. The van der Waals surface area contributed by atoms with Crippen LogP contribution < -0.4 is 5.32 Å². The predicted octanol–water partition coefficient (Wildman–Crippen LogP) is 3.42.